The first-order valence-corrected chi connectivity index (χ1v) is 6.67. The van der Waals surface area contributed by atoms with Crippen LogP contribution >= 0.6 is 0 Å². The number of likely N-dealkylation sites (N-methyl/N-ethyl adjacent to an activating group) is 1. The van der Waals surface area contributed by atoms with E-state index in [4.69, 9.17) is 10.5 Å². The average Bonchev–Trinajstić information content (AvgIpc) is 2.92. The summed E-state index contributed by atoms with van der Waals surface area (Å²) < 4.78 is 7.09. The van der Waals surface area contributed by atoms with Crippen LogP contribution in [0.4, 0.5) is 5.69 Å². The summed E-state index contributed by atoms with van der Waals surface area (Å²) in [4.78, 5) is 14.3. The zero-order chi connectivity index (χ0) is 14.2. The number of amides is 1. The average molecular weight is 266 g/mol. The fraction of sp³-hybridized carbons (Fsp3) is 0.692. The molecule has 2 atom stereocenters. The van der Waals surface area contributed by atoms with Crippen LogP contribution in [0, 0.1) is 0 Å². The zero-order valence-electron chi connectivity index (χ0n) is 12.0. The maximum Gasteiger partial charge on any atom is 0.274 e. The quantitative estimate of drug-likeness (QED) is 0.879. The lowest BCUT2D eigenvalue weighted by Crippen LogP contribution is -2.41. The third kappa shape index (κ3) is 2.32. The van der Waals surface area contributed by atoms with E-state index >= 15 is 0 Å². The third-order valence-corrected chi connectivity index (χ3v) is 3.85. The van der Waals surface area contributed by atoms with Gasteiger partial charge in [0.2, 0.25) is 0 Å². The number of nitrogens with zero attached hydrogens (tertiary/aromatic N) is 3. The number of carbonyl (C=O) groups excluding carboxylic acids is 1. The molecule has 0 spiro atoms. The van der Waals surface area contributed by atoms with Crippen LogP contribution in [-0.4, -0.2) is 46.4 Å². The minimum absolute atomic E-state index is 0.0639. The van der Waals surface area contributed by atoms with E-state index in [1.54, 1.807) is 23.7 Å². The van der Waals surface area contributed by atoms with Gasteiger partial charge in [0.05, 0.1) is 23.5 Å². The van der Waals surface area contributed by atoms with E-state index in [1.165, 1.54) is 0 Å². The van der Waals surface area contributed by atoms with Crippen molar-refractivity contribution in [1.82, 2.24) is 14.7 Å². The second-order valence-electron chi connectivity index (χ2n) is 5.03. The predicted molar refractivity (Wildman–Crippen MR) is 72.9 cm³/mol. The highest BCUT2D eigenvalue weighted by molar-refractivity contribution is 5.98. The molecular formula is C13H22N4O2. The van der Waals surface area contributed by atoms with Crippen LogP contribution < -0.4 is 5.73 Å². The molecule has 1 amide bonds. The first kappa shape index (κ1) is 13.9. The van der Waals surface area contributed by atoms with E-state index in [0.717, 1.165) is 18.5 Å². The lowest BCUT2D eigenvalue weighted by atomic mass is 10.1. The molecule has 1 saturated heterocycles. The van der Waals surface area contributed by atoms with Crippen LogP contribution in [0.1, 0.15) is 36.5 Å². The van der Waals surface area contributed by atoms with Crippen molar-refractivity contribution in [2.75, 3.05) is 19.4 Å². The second kappa shape index (κ2) is 5.21. The third-order valence-electron chi connectivity index (χ3n) is 3.85. The summed E-state index contributed by atoms with van der Waals surface area (Å²) in [6.07, 6.45) is 1.65. The largest absolute Gasteiger partial charge is 0.395 e. The van der Waals surface area contributed by atoms with E-state index in [1.807, 2.05) is 13.8 Å². The maximum absolute atomic E-state index is 12.6. The second-order valence-corrected chi connectivity index (χ2v) is 5.03. The highest BCUT2D eigenvalue weighted by Crippen LogP contribution is 2.23. The van der Waals surface area contributed by atoms with Crippen molar-refractivity contribution in [3.8, 4) is 0 Å². The zero-order valence-corrected chi connectivity index (χ0v) is 12.0. The van der Waals surface area contributed by atoms with Crippen molar-refractivity contribution in [2.24, 2.45) is 7.05 Å². The number of nitrogen functional groups attached to an aromatic ring is 1. The lowest BCUT2D eigenvalue weighted by Gasteiger charge is -2.26. The molecule has 106 valence electrons. The summed E-state index contributed by atoms with van der Waals surface area (Å²) in [5.41, 5.74) is 7.76. The summed E-state index contributed by atoms with van der Waals surface area (Å²) in [5.74, 6) is -0.0884. The molecule has 2 rings (SSSR count). The Morgan fingerprint density at radius 2 is 2.32 bits per heavy atom. The molecule has 1 aromatic rings. The van der Waals surface area contributed by atoms with Crippen molar-refractivity contribution in [3.05, 3.63) is 11.4 Å². The normalized spacial score (nSPS) is 22.7. The standard InChI is InChI=1S/C13H22N4O2/c1-5-9-11(14)12(17(4)15-9)13(18)16(3)10-6-7-19-8(10)2/h8,10H,5-7,14H2,1-4H3. The summed E-state index contributed by atoms with van der Waals surface area (Å²) in [6, 6.07) is 0.104. The Labute approximate surface area is 113 Å². The van der Waals surface area contributed by atoms with E-state index in [0.29, 0.717) is 18.0 Å². The Morgan fingerprint density at radius 1 is 1.63 bits per heavy atom. The summed E-state index contributed by atoms with van der Waals surface area (Å²) in [6.45, 7) is 4.67. The Morgan fingerprint density at radius 3 is 2.79 bits per heavy atom. The molecule has 19 heavy (non-hydrogen) atoms. The van der Waals surface area contributed by atoms with Gasteiger partial charge in [0, 0.05) is 20.7 Å². The van der Waals surface area contributed by atoms with Gasteiger partial charge < -0.3 is 15.4 Å². The molecule has 1 fully saturated rings. The number of carbonyl (C=O) groups is 1. The first-order valence-electron chi connectivity index (χ1n) is 6.67. The Hall–Kier alpha value is -1.56. The Balaban J connectivity index is 2.26. The molecule has 1 aliphatic rings. The number of nitrogens with two attached hydrogens (primary N) is 1. The fourth-order valence-electron chi connectivity index (χ4n) is 2.66. The van der Waals surface area contributed by atoms with Crippen molar-refractivity contribution in [2.45, 2.75) is 38.8 Å². The van der Waals surface area contributed by atoms with Crippen LogP contribution in [0.15, 0.2) is 0 Å². The number of ether oxygens (including phenoxy) is 1. The highest BCUT2D eigenvalue weighted by atomic mass is 16.5. The highest BCUT2D eigenvalue weighted by Gasteiger charge is 2.33. The van der Waals surface area contributed by atoms with Gasteiger partial charge in [-0.3, -0.25) is 9.48 Å². The summed E-state index contributed by atoms with van der Waals surface area (Å²) in [5, 5.41) is 4.29. The van der Waals surface area contributed by atoms with Gasteiger partial charge in [0.1, 0.15) is 5.69 Å². The van der Waals surface area contributed by atoms with E-state index in [9.17, 15) is 4.79 Å². The van der Waals surface area contributed by atoms with E-state index < -0.39 is 0 Å². The molecule has 2 N–H and O–H groups in total. The molecule has 0 aromatic carbocycles. The molecule has 0 bridgehead atoms. The van der Waals surface area contributed by atoms with Crippen LogP contribution in [0.3, 0.4) is 0 Å². The van der Waals surface area contributed by atoms with Gasteiger partial charge in [-0.1, -0.05) is 6.92 Å². The molecule has 6 nitrogen and oxygen atoms in total. The number of anilines is 1. The first-order chi connectivity index (χ1) is 8.97. The van der Waals surface area contributed by atoms with Gasteiger partial charge in [0.25, 0.3) is 5.91 Å². The Bertz CT molecular complexity index is 483. The maximum atomic E-state index is 12.6. The van der Waals surface area contributed by atoms with Gasteiger partial charge in [-0.25, -0.2) is 0 Å². The molecule has 6 heteroatoms. The lowest BCUT2D eigenvalue weighted by molar-refractivity contribution is 0.0566. The molecule has 0 radical (unpaired) electrons. The van der Waals surface area contributed by atoms with Crippen LogP contribution in [0.2, 0.25) is 0 Å². The molecule has 0 saturated carbocycles. The van der Waals surface area contributed by atoms with Gasteiger partial charge in [-0.2, -0.15) is 5.10 Å². The van der Waals surface area contributed by atoms with Crippen molar-refractivity contribution in [3.63, 3.8) is 0 Å². The SMILES string of the molecule is CCc1nn(C)c(C(=O)N(C)C2CCOC2C)c1N. The molecular weight excluding hydrogens is 244 g/mol. The molecule has 0 aliphatic carbocycles. The number of hydrogen-bond acceptors (Lipinski definition) is 4. The van der Waals surface area contributed by atoms with Crippen molar-refractivity contribution in [1.29, 1.82) is 0 Å². The minimum atomic E-state index is -0.0884. The molecule has 2 heterocycles. The van der Waals surface area contributed by atoms with Crippen molar-refractivity contribution >= 4 is 11.6 Å². The fourth-order valence-corrected chi connectivity index (χ4v) is 2.66. The Kier molecular flexibility index (Phi) is 3.80. The van der Waals surface area contributed by atoms with Crippen LogP contribution in [-0.2, 0) is 18.2 Å². The topological polar surface area (TPSA) is 73.4 Å². The predicted octanol–water partition coefficient (Wildman–Crippen LogP) is 0.814. The minimum Gasteiger partial charge on any atom is -0.395 e. The van der Waals surface area contributed by atoms with Gasteiger partial charge in [-0.05, 0) is 19.8 Å². The number of hydrogen-bond donors (Lipinski definition) is 1. The number of aromatic nitrogens is 2. The van der Waals surface area contributed by atoms with Crippen molar-refractivity contribution < 1.29 is 9.53 Å². The summed E-state index contributed by atoms with van der Waals surface area (Å²) in [7, 11) is 3.56. The van der Waals surface area contributed by atoms with Gasteiger partial charge in [-0.15, -0.1) is 0 Å². The molecule has 1 aromatic heterocycles. The number of aryl methyl sites for hydroxylation is 2. The van der Waals surface area contributed by atoms with E-state index in [-0.39, 0.29) is 18.1 Å². The van der Waals surface area contributed by atoms with E-state index in [2.05, 4.69) is 5.10 Å². The van der Waals surface area contributed by atoms with Gasteiger partial charge >= 0.3 is 0 Å². The molecule has 2 unspecified atom stereocenters. The van der Waals surface area contributed by atoms with Crippen LogP contribution in [0.5, 0.6) is 0 Å². The molecule has 1 aliphatic heterocycles. The summed E-state index contributed by atoms with van der Waals surface area (Å²) >= 11 is 0. The number of rotatable bonds is 3. The van der Waals surface area contributed by atoms with Gasteiger partial charge in [0.15, 0.2) is 0 Å². The monoisotopic (exact) mass is 266 g/mol. The smallest absolute Gasteiger partial charge is 0.274 e. The van der Waals surface area contributed by atoms with Crippen LogP contribution in [0.25, 0.3) is 0 Å².